The van der Waals surface area contributed by atoms with E-state index >= 15 is 0 Å². The van der Waals surface area contributed by atoms with Crippen molar-refractivity contribution in [3.63, 3.8) is 0 Å². The Morgan fingerprint density at radius 2 is 1.90 bits per heavy atom. The lowest BCUT2D eigenvalue weighted by molar-refractivity contribution is 0.120. The Bertz CT molecular complexity index is 424. The van der Waals surface area contributed by atoms with Crippen LogP contribution in [0, 0.1) is 5.92 Å². The Kier molecular flexibility index (Phi) is 4.82. The molecule has 0 aromatic rings. The maximum absolute atomic E-state index is 12.3. The molecule has 1 heterocycles. The third kappa shape index (κ3) is 3.74. The van der Waals surface area contributed by atoms with Gasteiger partial charge in [-0.2, -0.15) is 0 Å². The minimum Gasteiger partial charge on any atom is -0.311 e. The Hall–Kier alpha value is -0.130. The molecule has 1 N–H and O–H groups in total. The molecule has 1 aliphatic heterocycles. The van der Waals surface area contributed by atoms with Crippen LogP contribution >= 0.6 is 0 Å². The van der Waals surface area contributed by atoms with Crippen molar-refractivity contribution in [3.05, 3.63) is 0 Å². The van der Waals surface area contributed by atoms with E-state index < -0.39 is 14.6 Å². The molecule has 0 radical (unpaired) electrons. The summed E-state index contributed by atoms with van der Waals surface area (Å²) in [5, 5.41) is 3.61. The van der Waals surface area contributed by atoms with Crippen LogP contribution in [0.25, 0.3) is 0 Å². The van der Waals surface area contributed by atoms with Crippen LogP contribution in [0.4, 0.5) is 0 Å². The molecule has 0 bridgehead atoms. The van der Waals surface area contributed by atoms with Gasteiger partial charge in [0, 0.05) is 31.7 Å². The average Bonchev–Trinajstić information content (AvgIpc) is 3.19. The van der Waals surface area contributed by atoms with Crippen molar-refractivity contribution < 1.29 is 8.42 Å². The summed E-state index contributed by atoms with van der Waals surface area (Å²) in [6.07, 6.45) is 3.73. The van der Waals surface area contributed by atoms with E-state index in [0.717, 1.165) is 25.4 Å². The Labute approximate surface area is 124 Å². The van der Waals surface area contributed by atoms with Crippen LogP contribution in [0.5, 0.6) is 0 Å². The number of hydrogen-bond donors (Lipinski definition) is 1. The second-order valence-corrected chi connectivity index (χ2v) is 10.2. The van der Waals surface area contributed by atoms with Gasteiger partial charge in [-0.3, -0.25) is 4.90 Å². The van der Waals surface area contributed by atoms with Crippen molar-refractivity contribution in [2.75, 3.05) is 25.4 Å². The maximum Gasteiger partial charge on any atom is 0.156 e. The highest BCUT2D eigenvalue weighted by atomic mass is 32.2. The molecule has 2 unspecified atom stereocenters. The van der Waals surface area contributed by atoms with Gasteiger partial charge < -0.3 is 5.32 Å². The van der Waals surface area contributed by atoms with E-state index in [9.17, 15) is 8.42 Å². The van der Waals surface area contributed by atoms with Gasteiger partial charge in [-0.15, -0.1) is 0 Å². The molecule has 1 saturated heterocycles. The van der Waals surface area contributed by atoms with Crippen molar-refractivity contribution >= 4 is 9.84 Å². The number of nitrogens with zero attached hydrogens (tertiary/aromatic N) is 1. The Morgan fingerprint density at radius 1 is 1.25 bits per heavy atom. The van der Waals surface area contributed by atoms with Crippen LogP contribution in [-0.4, -0.2) is 55.5 Å². The molecule has 20 heavy (non-hydrogen) atoms. The molecule has 2 atom stereocenters. The fourth-order valence-corrected chi connectivity index (χ4v) is 4.01. The van der Waals surface area contributed by atoms with Gasteiger partial charge in [0.1, 0.15) is 0 Å². The second-order valence-electron chi connectivity index (χ2n) is 7.34. The quantitative estimate of drug-likeness (QED) is 0.839. The maximum atomic E-state index is 12.3. The summed E-state index contributed by atoms with van der Waals surface area (Å²) in [5.41, 5.74) is 0. The standard InChI is InChI=1S/C15H30N2O2S/c1-5-13-11-17(14(10-16-13)12-6-7-12)8-9-20(18,19)15(2,3)4/h12-14,16H,5-11H2,1-4H3. The predicted molar refractivity (Wildman–Crippen MR) is 83.7 cm³/mol. The summed E-state index contributed by atoms with van der Waals surface area (Å²) in [4.78, 5) is 2.44. The van der Waals surface area contributed by atoms with Gasteiger partial charge in [0.15, 0.2) is 9.84 Å². The molecule has 0 spiro atoms. The summed E-state index contributed by atoms with van der Waals surface area (Å²) < 4.78 is 24.0. The van der Waals surface area contributed by atoms with Gasteiger partial charge in [0.25, 0.3) is 0 Å². The van der Waals surface area contributed by atoms with Crippen LogP contribution in [0.2, 0.25) is 0 Å². The number of sulfone groups is 1. The highest BCUT2D eigenvalue weighted by molar-refractivity contribution is 7.92. The van der Waals surface area contributed by atoms with Crippen molar-refractivity contribution in [1.29, 1.82) is 0 Å². The molecular weight excluding hydrogens is 272 g/mol. The minimum atomic E-state index is -3.01. The molecule has 0 amide bonds. The summed E-state index contributed by atoms with van der Waals surface area (Å²) in [6, 6.07) is 1.07. The van der Waals surface area contributed by atoms with Crippen molar-refractivity contribution in [1.82, 2.24) is 10.2 Å². The highest BCUT2D eigenvalue weighted by Gasteiger charge is 2.39. The fourth-order valence-electron chi connectivity index (χ4n) is 2.92. The Morgan fingerprint density at radius 3 is 2.40 bits per heavy atom. The van der Waals surface area contributed by atoms with E-state index in [1.54, 1.807) is 20.8 Å². The molecule has 1 aliphatic carbocycles. The van der Waals surface area contributed by atoms with Gasteiger partial charge in [0.05, 0.1) is 10.5 Å². The number of piperazine rings is 1. The number of hydrogen-bond acceptors (Lipinski definition) is 4. The molecule has 0 aromatic heterocycles. The zero-order chi connectivity index (χ0) is 15.0. The smallest absolute Gasteiger partial charge is 0.156 e. The number of rotatable bonds is 5. The van der Waals surface area contributed by atoms with Gasteiger partial charge in [-0.05, 0) is 46.0 Å². The summed E-state index contributed by atoms with van der Waals surface area (Å²) >= 11 is 0. The van der Waals surface area contributed by atoms with Gasteiger partial charge in [-0.1, -0.05) is 6.92 Å². The molecule has 0 aromatic carbocycles. The summed E-state index contributed by atoms with van der Waals surface area (Å²) in [6.45, 7) is 10.3. The van der Waals surface area contributed by atoms with E-state index in [1.807, 2.05) is 0 Å². The van der Waals surface area contributed by atoms with Gasteiger partial charge >= 0.3 is 0 Å². The van der Waals surface area contributed by atoms with Crippen LogP contribution in [-0.2, 0) is 9.84 Å². The van der Waals surface area contributed by atoms with Crippen molar-refractivity contribution in [2.45, 2.75) is 63.8 Å². The topological polar surface area (TPSA) is 49.4 Å². The molecule has 4 nitrogen and oxygen atoms in total. The van der Waals surface area contributed by atoms with E-state index in [0.29, 0.717) is 18.6 Å². The zero-order valence-corrected chi connectivity index (χ0v) is 14.2. The molecular formula is C15H30N2O2S. The van der Waals surface area contributed by atoms with E-state index in [2.05, 4.69) is 17.1 Å². The van der Waals surface area contributed by atoms with E-state index in [-0.39, 0.29) is 5.75 Å². The van der Waals surface area contributed by atoms with E-state index in [4.69, 9.17) is 0 Å². The first kappa shape index (κ1) is 16.2. The lowest BCUT2D eigenvalue weighted by atomic mass is 10.0. The van der Waals surface area contributed by atoms with Gasteiger partial charge in [0.2, 0.25) is 0 Å². The van der Waals surface area contributed by atoms with Crippen molar-refractivity contribution in [2.24, 2.45) is 5.92 Å². The first-order chi connectivity index (χ1) is 9.24. The normalized spacial score (nSPS) is 29.6. The number of nitrogens with one attached hydrogen (secondary N) is 1. The van der Waals surface area contributed by atoms with E-state index in [1.165, 1.54) is 12.8 Å². The first-order valence-electron chi connectivity index (χ1n) is 7.94. The highest BCUT2D eigenvalue weighted by Crippen LogP contribution is 2.36. The third-order valence-corrected chi connectivity index (χ3v) is 7.36. The van der Waals surface area contributed by atoms with Crippen LogP contribution in [0.1, 0.15) is 47.0 Å². The SMILES string of the molecule is CCC1CN(CCS(=O)(=O)C(C)(C)C)C(C2CC2)CN1. The Balaban J connectivity index is 1.97. The molecule has 1 saturated carbocycles. The summed E-state index contributed by atoms with van der Waals surface area (Å²) in [5.74, 6) is 1.08. The van der Waals surface area contributed by atoms with Gasteiger partial charge in [-0.25, -0.2) is 8.42 Å². The van der Waals surface area contributed by atoms with Crippen LogP contribution < -0.4 is 5.32 Å². The average molecular weight is 302 g/mol. The predicted octanol–water partition coefficient (Wildman–Crippen LogP) is 1.66. The lowest BCUT2D eigenvalue weighted by Crippen LogP contribution is -2.58. The second kappa shape index (κ2) is 5.93. The zero-order valence-electron chi connectivity index (χ0n) is 13.4. The summed E-state index contributed by atoms with van der Waals surface area (Å²) in [7, 11) is -3.01. The minimum absolute atomic E-state index is 0.288. The largest absolute Gasteiger partial charge is 0.311 e. The molecule has 2 rings (SSSR count). The molecule has 2 fully saturated rings. The van der Waals surface area contributed by atoms with Crippen LogP contribution in [0.15, 0.2) is 0 Å². The third-order valence-electron chi connectivity index (χ3n) is 4.78. The van der Waals surface area contributed by atoms with Crippen molar-refractivity contribution in [3.8, 4) is 0 Å². The molecule has 118 valence electrons. The van der Waals surface area contributed by atoms with Crippen LogP contribution in [0.3, 0.4) is 0 Å². The molecule has 5 heteroatoms. The monoisotopic (exact) mass is 302 g/mol. The lowest BCUT2D eigenvalue weighted by Gasteiger charge is -2.41. The molecule has 2 aliphatic rings. The first-order valence-corrected chi connectivity index (χ1v) is 9.59. The fraction of sp³-hybridized carbons (Fsp3) is 1.00.